The van der Waals surface area contributed by atoms with Crippen molar-refractivity contribution < 1.29 is 18.0 Å². The molecule has 10 heteroatoms. The molecule has 1 aliphatic heterocycles. The van der Waals surface area contributed by atoms with Crippen LogP contribution in [0.15, 0.2) is 51.3 Å². The number of rotatable bonds is 5. The van der Waals surface area contributed by atoms with E-state index in [1.54, 1.807) is 22.9 Å². The van der Waals surface area contributed by atoms with E-state index in [1.807, 2.05) is 6.07 Å². The molecular weight excluding hydrogens is 474 g/mol. The van der Waals surface area contributed by atoms with E-state index in [4.69, 9.17) is 5.73 Å². The predicted molar refractivity (Wildman–Crippen MR) is 132 cm³/mol. The van der Waals surface area contributed by atoms with E-state index in [0.717, 1.165) is 30.2 Å². The summed E-state index contributed by atoms with van der Waals surface area (Å²) in [7, 11) is -3.52. The van der Waals surface area contributed by atoms with Crippen LogP contribution in [0, 0.1) is 0 Å². The number of pyridine rings is 1. The van der Waals surface area contributed by atoms with Gasteiger partial charge in [0.25, 0.3) is 17.4 Å². The summed E-state index contributed by atoms with van der Waals surface area (Å²) in [6.07, 6.45) is 4.19. The van der Waals surface area contributed by atoms with Crippen LogP contribution in [-0.4, -0.2) is 30.6 Å². The summed E-state index contributed by atoms with van der Waals surface area (Å²) in [5.74, 6) is -1.64. The first-order valence-electron chi connectivity index (χ1n) is 10.9. The summed E-state index contributed by atoms with van der Waals surface area (Å²) >= 11 is 1.40. The lowest BCUT2D eigenvalue weighted by molar-refractivity contribution is 0.0995. The maximum atomic E-state index is 13.7. The molecule has 2 aromatic heterocycles. The molecule has 8 nitrogen and oxygen atoms in total. The summed E-state index contributed by atoms with van der Waals surface area (Å²) in [4.78, 5) is 39.5. The van der Waals surface area contributed by atoms with Crippen molar-refractivity contribution in [3.8, 4) is 0 Å². The van der Waals surface area contributed by atoms with Crippen molar-refractivity contribution in [3.63, 3.8) is 0 Å². The largest absolute Gasteiger partial charge is 0.366 e. The number of amides is 2. The third-order valence-corrected chi connectivity index (χ3v) is 8.88. The highest BCUT2D eigenvalue weighted by Gasteiger charge is 2.38. The maximum absolute atomic E-state index is 13.7. The number of aromatic nitrogens is 1. The van der Waals surface area contributed by atoms with Gasteiger partial charge < -0.3 is 11.1 Å². The van der Waals surface area contributed by atoms with Gasteiger partial charge in [-0.15, -0.1) is 0 Å². The van der Waals surface area contributed by atoms with Crippen molar-refractivity contribution >= 4 is 49.6 Å². The number of thiophene rings is 1. The Bertz CT molecular complexity index is 1530. The molecule has 3 aromatic rings. The topological polar surface area (TPSA) is 128 Å². The summed E-state index contributed by atoms with van der Waals surface area (Å²) in [6.45, 7) is 2.05. The fourth-order valence-electron chi connectivity index (χ4n) is 4.89. The number of hydrogen-bond donors (Lipinski definition) is 2. The van der Waals surface area contributed by atoms with Crippen LogP contribution < -0.4 is 16.6 Å². The lowest BCUT2D eigenvalue weighted by atomic mass is 9.64. The molecule has 0 saturated heterocycles. The van der Waals surface area contributed by atoms with Gasteiger partial charge in [-0.1, -0.05) is 25.5 Å². The maximum Gasteiger partial charge on any atom is 0.264 e. The Labute approximate surface area is 200 Å². The van der Waals surface area contributed by atoms with Gasteiger partial charge in [-0.05, 0) is 47.4 Å². The highest BCUT2D eigenvalue weighted by atomic mass is 32.2. The minimum Gasteiger partial charge on any atom is -0.366 e. The number of anilines is 1. The van der Waals surface area contributed by atoms with Gasteiger partial charge in [0, 0.05) is 16.2 Å². The Morgan fingerprint density at radius 1 is 1.24 bits per heavy atom. The SMILES string of the molecule is CC1(c2ccc3cc(C(=O)Nc4ccsc4)c(=O)n(C4C=CS(=O)(=O)C4)c3c2C(N)=O)CCC1. The van der Waals surface area contributed by atoms with Gasteiger partial charge in [0.15, 0.2) is 9.84 Å². The van der Waals surface area contributed by atoms with Crippen molar-refractivity contribution in [2.45, 2.75) is 37.6 Å². The van der Waals surface area contributed by atoms with Gasteiger partial charge >= 0.3 is 0 Å². The van der Waals surface area contributed by atoms with E-state index >= 15 is 0 Å². The number of primary amides is 1. The van der Waals surface area contributed by atoms with Crippen molar-refractivity contribution in [2.75, 3.05) is 11.1 Å². The summed E-state index contributed by atoms with van der Waals surface area (Å²) < 4.78 is 25.7. The molecule has 2 aliphatic rings. The molecule has 0 spiro atoms. The number of nitrogens with two attached hydrogens (primary N) is 1. The second-order valence-electron chi connectivity index (χ2n) is 9.13. The van der Waals surface area contributed by atoms with Crippen molar-refractivity contribution in [1.82, 2.24) is 4.57 Å². The first kappa shape index (κ1) is 22.5. The van der Waals surface area contributed by atoms with E-state index in [9.17, 15) is 22.8 Å². The minimum atomic E-state index is -3.52. The molecule has 2 amide bonds. The Kier molecular flexibility index (Phi) is 5.25. The molecule has 1 fully saturated rings. The molecule has 1 aliphatic carbocycles. The third kappa shape index (κ3) is 3.67. The average Bonchev–Trinajstić information content (AvgIpc) is 3.39. The normalized spacial score (nSPS) is 20.2. The zero-order chi connectivity index (χ0) is 24.3. The number of benzene rings is 1. The van der Waals surface area contributed by atoms with Gasteiger partial charge in [-0.25, -0.2) is 8.42 Å². The molecule has 1 atom stereocenters. The number of fused-ring (bicyclic) bond motifs is 1. The Hall–Kier alpha value is -3.24. The highest BCUT2D eigenvalue weighted by Crippen LogP contribution is 2.46. The number of hydrogen-bond acceptors (Lipinski definition) is 6. The minimum absolute atomic E-state index is 0.144. The molecule has 1 saturated carbocycles. The summed E-state index contributed by atoms with van der Waals surface area (Å²) in [6, 6.07) is 5.90. The van der Waals surface area contributed by atoms with E-state index in [2.05, 4.69) is 12.2 Å². The van der Waals surface area contributed by atoms with Gasteiger partial charge in [0.1, 0.15) is 5.56 Å². The van der Waals surface area contributed by atoms with Crippen LogP contribution in [0.5, 0.6) is 0 Å². The zero-order valence-corrected chi connectivity index (χ0v) is 20.0. The van der Waals surface area contributed by atoms with Crippen molar-refractivity contribution in [3.05, 3.63) is 73.6 Å². The number of carbonyl (C=O) groups excluding carboxylic acids is 2. The van der Waals surface area contributed by atoms with Crippen LogP contribution in [0.3, 0.4) is 0 Å². The van der Waals surface area contributed by atoms with Crippen LogP contribution in [-0.2, 0) is 15.3 Å². The van der Waals surface area contributed by atoms with Gasteiger partial charge in [-0.3, -0.25) is 19.0 Å². The second kappa shape index (κ2) is 7.92. The van der Waals surface area contributed by atoms with Crippen LogP contribution in [0.25, 0.3) is 10.9 Å². The Morgan fingerprint density at radius 3 is 2.56 bits per heavy atom. The van der Waals surface area contributed by atoms with Crippen molar-refractivity contribution in [2.24, 2.45) is 5.73 Å². The molecular formula is C24H23N3O5S2. The molecule has 1 unspecified atom stereocenters. The predicted octanol–water partition coefficient (Wildman–Crippen LogP) is 3.34. The first-order chi connectivity index (χ1) is 16.1. The monoisotopic (exact) mass is 497 g/mol. The standard InChI is InChI=1S/C24H23N3O5S2/c1-24(7-2-8-24)18-4-3-14-11-17(22(29)26-15-5-9-33-12-15)23(30)27(20(14)19(18)21(25)28)16-6-10-34(31,32)13-16/h3-6,9-12,16H,2,7-8,13H2,1H3,(H2,25,28)(H,26,29). The fraction of sp³-hybridized carbons (Fsp3) is 0.292. The first-order valence-corrected chi connectivity index (χ1v) is 13.5. The van der Waals surface area contributed by atoms with Gasteiger partial charge in [0.2, 0.25) is 0 Å². The number of nitrogens with one attached hydrogen (secondary N) is 1. The molecule has 3 heterocycles. The summed E-state index contributed by atoms with van der Waals surface area (Å²) in [5, 5.41) is 7.76. The summed E-state index contributed by atoms with van der Waals surface area (Å²) in [5.41, 5.74) is 6.54. The third-order valence-electron chi connectivity index (χ3n) is 6.82. The Balaban J connectivity index is 1.80. The van der Waals surface area contributed by atoms with Crippen LogP contribution in [0.2, 0.25) is 0 Å². The van der Waals surface area contributed by atoms with E-state index in [-0.39, 0.29) is 27.8 Å². The van der Waals surface area contributed by atoms with Crippen LogP contribution in [0.1, 0.15) is 58.5 Å². The zero-order valence-electron chi connectivity index (χ0n) is 18.4. The van der Waals surface area contributed by atoms with Gasteiger partial charge in [0.05, 0.1) is 28.6 Å². The lowest BCUT2D eigenvalue weighted by Gasteiger charge is -2.40. The van der Waals surface area contributed by atoms with E-state index in [1.165, 1.54) is 28.0 Å². The highest BCUT2D eigenvalue weighted by molar-refractivity contribution is 7.94. The number of carbonyl (C=O) groups is 2. The number of allylic oxidation sites excluding steroid dienone is 1. The van der Waals surface area contributed by atoms with E-state index < -0.39 is 33.3 Å². The molecule has 3 N–H and O–H groups in total. The van der Waals surface area contributed by atoms with Crippen molar-refractivity contribution in [1.29, 1.82) is 0 Å². The number of sulfone groups is 1. The molecule has 34 heavy (non-hydrogen) atoms. The second-order valence-corrected chi connectivity index (χ2v) is 11.8. The molecule has 1 aromatic carbocycles. The van der Waals surface area contributed by atoms with E-state index in [0.29, 0.717) is 11.1 Å². The van der Waals surface area contributed by atoms with Crippen LogP contribution in [0.4, 0.5) is 5.69 Å². The molecule has 0 radical (unpaired) electrons. The van der Waals surface area contributed by atoms with Gasteiger partial charge in [-0.2, -0.15) is 11.3 Å². The quantitative estimate of drug-likeness (QED) is 0.559. The Morgan fingerprint density at radius 2 is 2.00 bits per heavy atom. The van der Waals surface area contributed by atoms with Crippen LogP contribution >= 0.6 is 11.3 Å². The smallest absolute Gasteiger partial charge is 0.264 e. The molecule has 176 valence electrons. The average molecular weight is 498 g/mol. The lowest BCUT2D eigenvalue weighted by Crippen LogP contribution is -2.36. The fourth-order valence-corrected chi connectivity index (χ4v) is 6.75. The number of nitrogens with zero attached hydrogens (tertiary/aromatic N) is 1. The molecule has 5 rings (SSSR count). The molecule has 0 bridgehead atoms.